The third kappa shape index (κ3) is 3.85. The molecule has 2 rings (SSSR count). The Kier molecular flexibility index (Phi) is 5.05. The molecule has 0 aromatic heterocycles. The first-order chi connectivity index (χ1) is 9.22. The molecule has 19 heavy (non-hydrogen) atoms. The molecule has 4 heteroatoms. The fraction of sp³-hybridized carbons (Fsp3) is 0.600. The van der Waals surface area contributed by atoms with Crippen LogP contribution >= 0.6 is 0 Å². The first-order valence-corrected chi connectivity index (χ1v) is 6.85. The maximum absolute atomic E-state index is 9.50. The minimum Gasteiger partial charge on any atom is -0.497 e. The van der Waals surface area contributed by atoms with Crippen molar-refractivity contribution < 1.29 is 14.6 Å². The quantitative estimate of drug-likeness (QED) is 0.856. The monoisotopic (exact) mass is 265 g/mol. The number of hydrogen-bond acceptors (Lipinski definition) is 4. The Balaban J connectivity index is 1.94. The van der Waals surface area contributed by atoms with E-state index in [-0.39, 0.29) is 6.10 Å². The van der Waals surface area contributed by atoms with Gasteiger partial charge in [0.1, 0.15) is 11.5 Å². The van der Waals surface area contributed by atoms with E-state index in [9.17, 15) is 5.11 Å². The summed E-state index contributed by atoms with van der Waals surface area (Å²) in [6.07, 6.45) is 3.75. The van der Waals surface area contributed by atoms with Crippen LogP contribution < -0.4 is 14.8 Å². The molecule has 1 fully saturated rings. The third-order valence-electron chi connectivity index (χ3n) is 3.77. The van der Waals surface area contributed by atoms with Gasteiger partial charge in [0.25, 0.3) is 0 Å². The zero-order chi connectivity index (χ0) is 13.7. The fourth-order valence-corrected chi connectivity index (χ4v) is 2.55. The van der Waals surface area contributed by atoms with E-state index in [1.807, 2.05) is 18.2 Å². The van der Waals surface area contributed by atoms with Crippen molar-refractivity contribution in [2.75, 3.05) is 14.2 Å². The molecule has 0 unspecified atom stereocenters. The Morgan fingerprint density at radius 3 is 2.53 bits per heavy atom. The molecule has 0 spiro atoms. The Bertz CT molecular complexity index is 400. The molecule has 1 saturated carbocycles. The second kappa shape index (κ2) is 6.78. The van der Waals surface area contributed by atoms with Crippen LogP contribution in [0.25, 0.3) is 0 Å². The van der Waals surface area contributed by atoms with Gasteiger partial charge >= 0.3 is 0 Å². The zero-order valence-electron chi connectivity index (χ0n) is 11.7. The predicted molar refractivity (Wildman–Crippen MR) is 74.6 cm³/mol. The minimum atomic E-state index is -0.107. The van der Waals surface area contributed by atoms with Gasteiger partial charge in [-0.25, -0.2) is 0 Å². The van der Waals surface area contributed by atoms with E-state index in [1.54, 1.807) is 14.2 Å². The molecule has 1 aliphatic rings. The summed E-state index contributed by atoms with van der Waals surface area (Å²) in [4.78, 5) is 0. The summed E-state index contributed by atoms with van der Waals surface area (Å²) in [6, 6.07) is 6.32. The van der Waals surface area contributed by atoms with E-state index in [0.29, 0.717) is 6.04 Å². The number of ether oxygens (including phenoxy) is 2. The summed E-state index contributed by atoms with van der Waals surface area (Å²) in [5.41, 5.74) is 1.10. The van der Waals surface area contributed by atoms with Gasteiger partial charge in [0.15, 0.2) is 0 Å². The van der Waals surface area contributed by atoms with Crippen molar-refractivity contribution in [1.82, 2.24) is 5.32 Å². The van der Waals surface area contributed by atoms with Crippen molar-refractivity contribution in [3.63, 3.8) is 0 Å². The van der Waals surface area contributed by atoms with Gasteiger partial charge in [0, 0.05) is 18.2 Å². The van der Waals surface area contributed by atoms with Crippen LogP contribution in [0.4, 0.5) is 0 Å². The average Bonchev–Trinajstić information content (AvgIpc) is 2.46. The van der Waals surface area contributed by atoms with E-state index in [0.717, 1.165) is 49.3 Å². The minimum absolute atomic E-state index is 0.107. The maximum Gasteiger partial charge on any atom is 0.123 e. The van der Waals surface area contributed by atoms with Gasteiger partial charge in [0.2, 0.25) is 0 Å². The smallest absolute Gasteiger partial charge is 0.123 e. The van der Waals surface area contributed by atoms with Crippen LogP contribution in [0.3, 0.4) is 0 Å². The molecule has 1 aromatic rings. The Hall–Kier alpha value is -1.26. The van der Waals surface area contributed by atoms with Crippen LogP contribution in [0.2, 0.25) is 0 Å². The molecule has 0 bridgehead atoms. The number of rotatable bonds is 5. The number of nitrogens with one attached hydrogen (secondary N) is 1. The van der Waals surface area contributed by atoms with Crippen LogP contribution in [0.1, 0.15) is 31.2 Å². The van der Waals surface area contributed by atoms with Crippen LogP contribution in [-0.2, 0) is 6.54 Å². The molecule has 0 radical (unpaired) electrons. The summed E-state index contributed by atoms with van der Waals surface area (Å²) in [6.45, 7) is 0.765. The summed E-state index contributed by atoms with van der Waals surface area (Å²) in [7, 11) is 3.35. The Morgan fingerprint density at radius 2 is 1.89 bits per heavy atom. The average molecular weight is 265 g/mol. The lowest BCUT2D eigenvalue weighted by molar-refractivity contribution is 0.116. The van der Waals surface area contributed by atoms with E-state index in [2.05, 4.69) is 5.32 Å². The van der Waals surface area contributed by atoms with Crippen LogP contribution in [0.5, 0.6) is 11.5 Å². The molecular formula is C15H23NO3. The summed E-state index contributed by atoms with van der Waals surface area (Å²) >= 11 is 0. The normalized spacial score (nSPS) is 23.1. The van der Waals surface area contributed by atoms with Gasteiger partial charge in [-0.2, -0.15) is 0 Å². The van der Waals surface area contributed by atoms with Gasteiger partial charge in [-0.1, -0.05) is 0 Å². The van der Waals surface area contributed by atoms with Gasteiger partial charge in [0.05, 0.1) is 20.3 Å². The molecule has 0 aliphatic heterocycles. The molecule has 4 nitrogen and oxygen atoms in total. The van der Waals surface area contributed by atoms with E-state index in [1.165, 1.54) is 0 Å². The molecule has 106 valence electrons. The van der Waals surface area contributed by atoms with Crippen LogP contribution in [-0.4, -0.2) is 31.5 Å². The summed E-state index contributed by atoms with van der Waals surface area (Å²) in [5.74, 6) is 1.72. The van der Waals surface area contributed by atoms with Gasteiger partial charge in [-0.3, -0.25) is 0 Å². The molecule has 0 amide bonds. The Morgan fingerprint density at radius 1 is 1.16 bits per heavy atom. The lowest BCUT2D eigenvalue weighted by Gasteiger charge is -2.26. The summed E-state index contributed by atoms with van der Waals surface area (Å²) < 4.78 is 10.6. The van der Waals surface area contributed by atoms with Crippen molar-refractivity contribution in [3.05, 3.63) is 23.8 Å². The standard InChI is InChI=1S/C15H23NO3/c1-18-14-7-8-15(19-2)11(9-14)10-16-12-3-5-13(17)6-4-12/h7-9,12-13,16-17H,3-6,10H2,1-2H3. The predicted octanol–water partition coefficient (Wildman–Crippen LogP) is 2.10. The van der Waals surface area contributed by atoms with Crippen molar-refractivity contribution in [2.45, 2.75) is 44.4 Å². The largest absolute Gasteiger partial charge is 0.497 e. The molecular weight excluding hydrogens is 242 g/mol. The molecule has 0 atom stereocenters. The van der Waals surface area contributed by atoms with Crippen molar-refractivity contribution in [1.29, 1.82) is 0 Å². The highest BCUT2D eigenvalue weighted by molar-refractivity contribution is 5.40. The fourth-order valence-electron chi connectivity index (χ4n) is 2.55. The topological polar surface area (TPSA) is 50.7 Å². The molecule has 0 saturated heterocycles. The molecule has 1 aromatic carbocycles. The lowest BCUT2D eigenvalue weighted by atomic mass is 9.93. The second-order valence-corrected chi connectivity index (χ2v) is 5.06. The second-order valence-electron chi connectivity index (χ2n) is 5.06. The molecule has 0 heterocycles. The van der Waals surface area contributed by atoms with Crippen LogP contribution in [0.15, 0.2) is 18.2 Å². The van der Waals surface area contributed by atoms with Gasteiger partial charge < -0.3 is 19.9 Å². The van der Waals surface area contributed by atoms with Crippen molar-refractivity contribution in [2.24, 2.45) is 0 Å². The molecule has 1 aliphatic carbocycles. The Labute approximate surface area is 114 Å². The van der Waals surface area contributed by atoms with E-state index < -0.39 is 0 Å². The van der Waals surface area contributed by atoms with E-state index in [4.69, 9.17) is 9.47 Å². The van der Waals surface area contributed by atoms with Crippen molar-refractivity contribution >= 4 is 0 Å². The zero-order valence-corrected chi connectivity index (χ0v) is 11.7. The highest BCUT2D eigenvalue weighted by Gasteiger charge is 2.19. The number of aliphatic hydroxyl groups excluding tert-OH is 1. The summed E-state index contributed by atoms with van der Waals surface area (Å²) in [5, 5.41) is 13.0. The number of benzene rings is 1. The maximum atomic E-state index is 9.50. The highest BCUT2D eigenvalue weighted by Crippen LogP contribution is 2.25. The van der Waals surface area contributed by atoms with Gasteiger partial charge in [-0.05, 0) is 43.9 Å². The first kappa shape index (κ1) is 14.2. The molecule has 2 N–H and O–H groups in total. The SMILES string of the molecule is COc1ccc(OC)c(CNC2CCC(O)CC2)c1. The first-order valence-electron chi connectivity index (χ1n) is 6.85. The van der Waals surface area contributed by atoms with E-state index >= 15 is 0 Å². The number of methoxy groups -OCH3 is 2. The van der Waals surface area contributed by atoms with Gasteiger partial charge in [-0.15, -0.1) is 0 Å². The third-order valence-corrected chi connectivity index (χ3v) is 3.77. The lowest BCUT2D eigenvalue weighted by Crippen LogP contribution is -2.34. The van der Waals surface area contributed by atoms with Crippen molar-refractivity contribution in [3.8, 4) is 11.5 Å². The highest BCUT2D eigenvalue weighted by atomic mass is 16.5. The number of hydrogen-bond donors (Lipinski definition) is 2. The van der Waals surface area contributed by atoms with Crippen LogP contribution in [0, 0.1) is 0 Å². The number of aliphatic hydroxyl groups is 1.